The van der Waals surface area contributed by atoms with E-state index in [1.54, 1.807) is 16.4 Å². The lowest BCUT2D eigenvalue weighted by atomic mass is 10.0. The number of benzene rings is 1. The summed E-state index contributed by atoms with van der Waals surface area (Å²) in [5.41, 5.74) is 1.17. The highest BCUT2D eigenvalue weighted by atomic mass is 32.2. The fraction of sp³-hybridized carbons (Fsp3) is 0.647. The number of piperidine rings is 1. The maximum absolute atomic E-state index is 12.8. The van der Waals surface area contributed by atoms with E-state index in [9.17, 15) is 8.42 Å². The molecule has 0 aromatic heterocycles. The summed E-state index contributed by atoms with van der Waals surface area (Å²) >= 11 is 0. The molecule has 2 fully saturated rings. The van der Waals surface area contributed by atoms with Crippen LogP contribution in [0.15, 0.2) is 29.2 Å². The normalized spacial score (nSPS) is 22.3. The van der Waals surface area contributed by atoms with Gasteiger partial charge in [0, 0.05) is 25.9 Å². The molecule has 0 unspecified atom stereocenters. The van der Waals surface area contributed by atoms with Crippen LogP contribution in [-0.2, 0) is 25.9 Å². The first-order chi connectivity index (χ1) is 11.1. The molecule has 0 amide bonds. The lowest BCUT2D eigenvalue weighted by molar-refractivity contribution is -0.280. The summed E-state index contributed by atoms with van der Waals surface area (Å²) in [6.07, 6.45) is 4.13. The fourth-order valence-corrected chi connectivity index (χ4v) is 4.68. The zero-order chi connectivity index (χ0) is 16.3. The molecule has 0 bridgehead atoms. The average molecular weight is 339 g/mol. The molecular formula is C17H25NO4S. The molecule has 0 N–H and O–H groups in total. The molecule has 3 rings (SSSR count). The van der Waals surface area contributed by atoms with Crippen LogP contribution in [0.5, 0.6) is 0 Å². The van der Waals surface area contributed by atoms with Gasteiger partial charge >= 0.3 is 0 Å². The van der Waals surface area contributed by atoms with E-state index >= 15 is 0 Å². The van der Waals surface area contributed by atoms with Crippen LogP contribution in [0.3, 0.4) is 0 Å². The molecule has 2 saturated heterocycles. The Bertz CT molecular complexity index is 610. The SMILES string of the molecule is CCCc1ccc(S(=O)(=O)N2CCC3(CC2)OCCCO3)cc1. The second-order valence-corrected chi connectivity index (χ2v) is 8.20. The van der Waals surface area contributed by atoms with Crippen molar-refractivity contribution in [3.8, 4) is 0 Å². The van der Waals surface area contributed by atoms with Crippen molar-refractivity contribution >= 4 is 10.0 Å². The molecular weight excluding hydrogens is 314 g/mol. The van der Waals surface area contributed by atoms with Crippen molar-refractivity contribution in [1.29, 1.82) is 0 Å². The Balaban J connectivity index is 1.68. The molecule has 0 aliphatic carbocycles. The average Bonchev–Trinajstić information content (AvgIpc) is 2.57. The quantitative estimate of drug-likeness (QED) is 0.846. The third-order valence-electron chi connectivity index (χ3n) is 4.60. The van der Waals surface area contributed by atoms with E-state index in [1.807, 2.05) is 12.1 Å². The van der Waals surface area contributed by atoms with Crippen molar-refractivity contribution in [1.82, 2.24) is 4.31 Å². The Hall–Kier alpha value is -0.950. The third kappa shape index (κ3) is 3.60. The smallest absolute Gasteiger partial charge is 0.243 e. The van der Waals surface area contributed by atoms with E-state index in [0.29, 0.717) is 44.0 Å². The van der Waals surface area contributed by atoms with Crippen molar-refractivity contribution < 1.29 is 17.9 Å². The number of ether oxygens (including phenoxy) is 2. The summed E-state index contributed by atoms with van der Waals surface area (Å²) in [6.45, 7) is 4.40. The Kier molecular flexibility index (Phi) is 5.06. The van der Waals surface area contributed by atoms with Crippen molar-refractivity contribution in [2.75, 3.05) is 26.3 Å². The van der Waals surface area contributed by atoms with Crippen molar-refractivity contribution in [2.45, 2.75) is 49.7 Å². The number of rotatable bonds is 4. The molecule has 0 radical (unpaired) electrons. The molecule has 128 valence electrons. The molecule has 6 heteroatoms. The van der Waals surface area contributed by atoms with Crippen molar-refractivity contribution in [3.63, 3.8) is 0 Å². The summed E-state index contributed by atoms with van der Waals surface area (Å²) < 4.78 is 38.6. The van der Waals surface area contributed by atoms with Crippen LogP contribution < -0.4 is 0 Å². The van der Waals surface area contributed by atoms with E-state index in [0.717, 1.165) is 19.3 Å². The minimum absolute atomic E-state index is 0.374. The van der Waals surface area contributed by atoms with Gasteiger partial charge in [-0.3, -0.25) is 0 Å². The highest BCUT2D eigenvalue weighted by Gasteiger charge is 2.41. The maximum Gasteiger partial charge on any atom is 0.243 e. The first-order valence-corrected chi connectivity index (χ1v) is 9.87. The molecule has 2 heterocycles. The van der Waals surface area contributed by atoms with Gasteiger partial charge in [-0.05, 0) is 30.5 Å². The van der Waals surface area contributed by atoms with Crippen LogP contribution >= 0.6 is 0 Å². The monoisotopic (exact) mass is 339 g/mol. The summed E-state index contributed by atoms with van der Waals surface area (Å²) in [5.74, 6) is -0.560. The largest absolute Gasteiger partial charge is 0.350 e. The molecule has 1 aromatic carbocycles. The number of nitrogens with zero attached hydrogens (tertiary/aromatic N) is 1. The van der Waals surface area contributed by atoms with Crippen LogP contribution in [0.25, 0.3) is 0 Å². The van der Waals surface area contributed by atoms with Gasteiger partial charge in [-0.1, -0.05) is 25.5 Å². The maximum atomic E-state index is 12.8. The topological polar surface area (TPSA) is 55.8 Å². The van der Waals surface area contributed by atoms with Crippen molar-refractivity contribution in [3.05, 3.63) is 29.8 Å². The first-order valence-electron chi connectivity index (χ1n) is 8.43. The standard InChI is InChI=1S/C17H25NO4S/c1-2-4-15-5-7-16(8-6-15)23(19,20)18-11-9-17(10-12-18)21-13-3-14-22-17/h5-8H,2-4,9-14H2,1H3. The number of sulfonamides is 1. The van der Waals surface area contributed by atoms with Crippen LogP contribution in [-0.4, -0.2) is 44.8 Å². The van der Waals surface area contributed by atoms with Crippen LogP contribution in [0.2, 0.25) is 0 Å². The second-order valence-electron chi connectivity index (χ2n) is 6.26. The third-order valence-corrected chi connectivity index (χ3v) is 6.52. The molecule has 2 aliphatic rings. The van der Waals surface area contributed by atoms with Gasteiger partial charge in [0.2, 0.25) is 10.0 Å². The van der Waals surface area contributed by atoms with E-state index < -0.39 is 15.8 Å². The predicted molar refractivity (Wildman–Crippen MR) is 87.7 cm³/mol. The zero-order valence-electron chi connectivity index (χ0n) is 13.7. The zero-order valence-corrected chi connectivity index (χ0v) is 14.5. The predicted octanol–water partition coefficient (Wildman–Crippen LogP) is 2.56. The van der Waals surface area contributed by atoms with Gasteiger partial charge in [0.15, 0.2) is 5.79 Å². The first kappa shape index (κ1) is 16.9. The van der Waals surface area contributed by atoms with E-state index in [4.69, 9.17) is 9.47 Å². The molecule has 0 atom stereocenters. The van der Waals surface area contributed by atoms with Crippen LogP contribution in [0.4, 0.5) is 0 Å². The molecule has 5 nitrogen and oxygen atoms in total. The highest BCUT2D eigenvalue weighted by molar-refractivity contribution is 7.89. The van der Waals surface area contributed by atoms with E-state index in [1.165, 1.54) is 5.56 Å². The number of hydrogen-bond donors (Lipinski definition) is 0. The van der Waals surface area contributed by atoms with Gasteiger partial charge in [-0.2, -0.15) is 4.31 Å². The molecule has 1 spiro atoms. The van der Waals surface area contributed by atoms with Gasteiger partial charge < -0.3 is 9.47 Å². The Morgan fingerprint density at radius 2 is 1.70 bits per heavy atom. The van der Waals surface area contributed by atoms with Gasteiger partial charge in [0.25, 0.3) is 0 Å². The lowest BCUT2D eigenvalue weighted by Crippen LogP contribution is -2.51. The minimum Gasteiger partial charge on any atom is -0.350 e. The summed E-state index contributed by atoms with van der Waals surface area (Å²) in [7, 11) is -3.43. The van der Waals surface area contributed by atoms with Crippen LogP contribution in [0, 0.1) is 0 Å². The molecule has 0 saturated carbocycles. The Morgan fingerprint density at radius 1 is 1.09 bits per heavy atom. The lowest BCUT2D eigenvalue weighted by Gasteiger charge is -2.42. The Morgan fingerprint density at radius 3 is 2.26 bits per heavy atom. The molecule has 2 aliphatic heterocycles. The summed E-state index contributed by atoms with van der Waals surface area (Å²) in [6, 6.07) is 7.26. The van der Waals surface area contributed by atoms with Gasteiger partial charge in [0.05, 0.1) is 18.1 Å². The van der Waals surface area contributed by atoms with Gasteiger partial charge in [-0.25, -0.2) is 8.42 Å². The number of hydrogen-bond acceptors (Lipinski definition) is 4. The number of aryl methyl sites for hydroxylation is 1. The van der Waals surface area contributed by atoms with E-state index in [-0.39, 0.29) is 0 Å². The highest BCUT2D eigenvalue weighted by Crippen LogP contribution is 2.32. The van der Waals surface area contributed by atoms with E-state index in [2.05, 4.69) is 6.92 Å². The summed E-state index contributed by atoms with van der Waals surface area (Å²) in [5, 5.41) is 0. The van der Waals surface area contributed by atoms with Crippen LogP contribution in [0.1, 0.15) is 38.2 Å². The molecule has 1 aromatic rings. The van der Waals surface area contributed by atoms with Gasteiger partial charge in [0.1, 0.15) is 0 Å². The molecule has 23 heavy (non-hydrogen) atoms. The minimum atomic E-state index is -3.43. The summed E-state index contributed by atoms with van der Waals surface area (Å²) in [4.78, 5) is 0.374. The second kappa shape index (κ2) is 6.89. The fourth-order valence-electron chi connectivity index (χ4n) is 3.24. The van der Waals surface area contributed by atoms with Crippen molar-refractivity contribution in [2.24, 2.45) is 0 Å². The van der Waals surface area contributed by atoms with Gasteiger partial charge in [-0.15, -0.1) is 0 Å². The Labute approximate surface area is 138 Å².